The van der Waals surface area contributed by atoms with Crippen LogP contribution in [0.1, 0.15) is 48.5 Å². The Kier molecular flexibility index (Phi) is 7.11. The van der Waals surface area contributed by atoms with Crippen LogP contribution in [0.3, 0.4) is 0 Å². The molecule has 34 heavy (non-hydrogen) atoms. The Labute approximate surface area is 206 Å². The molecule has 0 aliphatic carbocycles. The van der Waals surface area contributed by atoms with E-state index in [1.54, 1.807) is 0 Å². The first-order chi connectivity index (χ1) is 16.7. The SMILES string of the molecule is CCCc1nc(N2CCN(C(=O)CCc3ccccc3)CC2)c2c3c(sc2n1)CN(CC)CC3. The van der Waals surface area contributed by atoms with Gasteiger partial charge in [0.2, 0.25) is 5.91 Å². The van der Waals surface area contributed by atoms with Crippen molar-refractivity contribution in [2.45, 2.75) is 52.5 Å². The summed E-state index contributed by atoms with van der Waals surface area (Å²) in [5, 5.41) is 1.28. The molecular formula is C27H35N5OS. The summed E-state index contributed by atoms with van der Waals surface area (Å²) in [6, 6.07) is 10.3. The van der Waals surface area contributed by atoms with Gasteiger partial charge >= 0.3 is 0 Å². The second kappa shape index (κ2) is 10.4. The molecule has 0 saturated carbocycles. The minimum absolute atomic E-state index is 0.260. The Hall–Kier alpha value is -2.51. The van der Waals surface area contributed by atoms with Crippen molar-refractivity contribution in [1.82, 2.24) is 19.8 Å². The lowest BCUT2D eigenvalue weighted by atomic mass is 10.0. The van der Waals surface area contributed by atoms with Crippen LogP contribution in [0.15, 0.2) is 30.3 Å². The lowest BCUT2D eigenvalue weighted by Gasteiger charge is -2.36. The average Bonchev–Trinajstić information content (AvgIpc) is 3.25. The minimum Gasteiger partial charge on any atom is -0.352 e. The average molecular weight is 478 g/mol. The Morgan fingerprint density at radius 3 is 2.53 bits per heavy atom. The Morgan fingerprint density at radius 2 is 1.79 bits per heavy atom. The van der Waals surface area contributed by atoms with Crippen LogP contribution < -0.4 is 4.90 Å². The fraction of sp³-hybridized carbons (Fsp3) is 0.519. The highest BCUT2D eigenvalue weighted by atomic mass is 32.1. The predicted octanol–water partition coefficient (Wildman–Crippen LogP) is 4.30. The number of hydrogen-bond acceptors (Lipinski definition) is 6. The molecule has 1 amide bonds. The van der Waals surface area contributed by atoms with Crippen molar-refractivity contribution in [2.75, 3.05) is 44.2 Å². The number of thiophene rings is 1. The van der Waals surface area contributed by atoms with Crippen LogP contribution in [0, 0.1) is 0 Å². The fourth-order valence-electron chi connectivity index (χ4n) is 5.13. The summed E-state index contributed by atoms with van der Waals surface area (Å²) >= 11 is 1.86. The van der Waals surface area contributed by atoms with Crippen LogP contribution in [-0.4, -0.2) is 64.9 Å². The molecule has 6 nitrogen and oxygen atoms in total. The lowest BCUT2D eigenvalue weighted by molar-refractivity contribution is -0.131. The molecule has 2 aliphatic heterocycles. The number of nitrogens with zero attached hydrogens (tertiary/aromatic N) is 5. The predicted molar refractivity (Wildman–Crippen MR) is 140 cm³/mol. The van der Waals surface area contributed by atoms with Crippen molar-refractivity contribution in [3.05, 3.63) is 52.2 Å². The number of aromatic nitrogens is 2. The molecule has 4 heterocycles. The van der Waals surface area contributed by atoms with E-state index in [2.05, 4.69) is 35.8 Å². The van der Waals surface area contributed by atoms with Crippen molar-refractivity contribution in [3.8, 4) is 0 Å². The van der Waals surface area contributed by atoms with Crippen molar-refractivity contribution in [3.63, 3.8) is 0 Å². The third-order valence-corrected chi connectivity index (χ3v) is 8.24. The van der Waals surface area contributed by atoms with Gasteiger partial charge < -0.3 is 9.80 Å². The van der Waals surface area contributed by atoms with Crippen molar-refractivity contribution in [1.29, 1.82) is 0 Å². The van der Waals surface area contributed by atoms with Gasteiger partial charge in [0.15, 0.2) is 0 Å². The zero-order valence-corrected chi connectivity index (χ0v) is 21.2. The normalized spacial score (nSPS) is 16.8. The Morgan fingerprint density at radius 1 is 1.00 bits per heavy atom. The molecule has 0 radical (unpaired) electrons. The first-order valence-electron chi connectivity index (χ1n) is 12.8. The summed E-state index contributed by atoms with van der Waals surface area (Å²) in [5.41, 5.74) is 2.69. The number of piperazine rings is 1. The van der Waals surface area contributed by atoms with Gasteiger partial charge in [0, 0.05) is 57.0 Å². The Bertz CT molecular complexity index is 1140. The molecule has 3 aromatic rings. The zero-order chi connectivity index (χ0) is 23.5. The maximum Gasteiger partial charge on any atom is 0.223 e. The number of rotatable bonds is 7. The lowest BCUT2D eigenvalue weighted by Crippen LogP contribution is -2.49. The number of anilines is 1. The number of aryl methyl sites for hydroxylation is 2. The molecule has 2 aliphatic rings. The summed E-state index contributed by atoms with van der Waals surface area (Å²) in [4.78, 5) is 32.5. The van der Waals surface area contributed by atoms with E-state index < -0.39 is 0 Å². The molecule has 0 unspecified atom stereocenters. The molecule has 180 valence electrons. The van der Waals surface area contributed by atoms with Gasteiger partial charge in [0.1, 0.15) is 16.5 Å². The molecule has 5 rings (SSSR count). The highest BCUT2D eigenvalue weighted by molar-refractivity contribution is 7.19. The quantitative estimate of drug-likeness (QED) is 0.508. The van der Waals surface area contributed by atoms with Crippen molar-refractivity contribution >= 4 is 33.3 Å². The molecule has 1 fully saturated rings. The topological polar surface area (TPSA) is 52.6 Å². The summed E-state index contributed by atoms with van der Waals surface area (Å²) in [6.07, 6.45) is 4.41. The monoisotopic (exact) mass is 477 g/mol. The van der Waals surface area contributed by atoms with E-state index >= 15 is 0 Å². The van der Waals surface area contributed by atoms with Crippen LogP contribution in [0.5, 0.6) is 0 Å². The zero-order valence-electron chi connectivity index (χ0n) is 20.4. The number of carbonyl (C=O) groups is 1. The van der Waals surface area contributed by atoms with Gasteiger partial charge in [-0.3, -0.25) is 9.69 Å². The fourth-order valence-corrected chi connectivity index (χ4v) is 6.40. The second-order valence-electron chi connectivity index (χ2n) is 9.37. The van der Waals surface area contributed by atoms with E-state index in [4.69, 9.17) is 9.97 Å². The first-order valence-corrected chi connectivity index (χ1v) is 13.6. The van der Waals surface area contributed by atoms with E-state index in [-0.39, 0.29) is 5.91 Å². The highest BCUT2D eigenvalue weighted by Gasteiger charge is 2.28. The highest BCUT2D eigenvalue weighted by Crippen LogP contribution is 2.39. The van der Waals surface area contributed by atoms with Crippen LogP contribution in [-0.2, 0) is 30.6 Å². The van der Waals surface area contributed by atoms with Crippen molar-refractivity contribution in [2.24, 2.45) is 0 Å². The van der Waals surface area contributed by atoms with E-state index in [9.17, 15) is 4.79 Å². The number of fused-ring (bicyclic) bond motifs is 3. The largest absolute Gasteiger partial charge is 0.352 e. The van der Waals surface area contributed by atoms with Gasteiger partial charge in [-0.25, -0.2) is 9.97 Å². The summed E-state index contributed by atoms with van der Waals surface area (Å²) < 4.78 is 0. The summed E-state index contributed by atoms with van der Waals surface area (Å²) in [5.74, 6) is 2.32. The van der Waals surface area contributed by atoms with Crippen molar-refractivity contribution < 1.29 is 4.79 Å². The number of carbonyl (C=O) groups excluding carboxylic acids is 1. The molecule has 1 aromatic carbocycles. The van der Waals surface area contributed by atoms with Gasteiger partial charge in [-0.1, -0.05) is 44.2 Å². The maximum atomic E-state index is 12.9. The maximum absolute atomic E-state index is 12.9. The molecule has 7 heteroatoms. The van der Waals surface area contributed by atoms with E-state index in [1.807, 2.05) is 34.4 Å². The van der Waals surface area contributed by atoms with Gasteiger partial charge in [0.05, 0.1) is 5.39 Å². The summed E-state index contributed by atoms with van der Waals surface area (Å²) in [6.45, 7) is 10.8. The van der Waals surface area contributed by atoms with Crippen LogP contribution >= 0.6 is 11.3 Å². The molecule has 2 aromatic heterocycles. The van der Waals surface area contributed by atoms with E-state index in [1.165, 1.54) is 21.4 Å². The third kappa shape index (κ3) is 4.82. The first kappa shape index (κ1) is 23.2. The smallest absolute Gasteiger partial charge is 0.223 e. The van der Waals surface area contributed by atoms with Gasteiger partial charge in [-0.15, -0.1) is 11.3 Å². The van der Waals surface area contributed by atoms with E-state index in [0.717, 1.165) is 88.0 Å². The number of amides is 1. The number of hydrogen-bond donors (Lipinski definition) is 0. The molecule has 0 bridgehead atoms. The molecule has 1 saturated heterocycles. The number of benzene rings is 1. The molecule has 0 atom stereocenters. The van der Waals surface area contributed by atoms with Gasteiger partial charge in [-0.05, 0) is 36.9 Å². The Balaban J connectivity index is 1.33. The van der Waals surface area contributed by atoms with Gasteiger partial charge in [-0.2, -0.15) is 0 Å². The van der Waals surface area contributed by atoms with Gasteiger partial charge in [0.25, 0.3) is 0 Å². The number of likely N-dealkylation sites (N-methyl/N-ethyl adjacent to an activating group) is 1. The van der Waals surface area contributed by atoms with Crippen LogP contribution in [0.25, 0.3) is 10.2 Å². The second-order valence-corrected chi connectivity index (χ2v) is 10.5. The molecule has 0 spiro atoms. The standard InChI is InChI=1S/C27H35N5OS/c1-3-8-23-28-26(25-21-13-14-30(4-2)19-22(21)34-27(25)29-23)32-17-15-31(16-18-32)24(33)12-11-20-9-6-5-7-10-20/h5-7,9-10H,3-4,8,11-19H2,1-2H3. The molecule has 0 N–H and O–H groups in total. The third-order valence-electron chi connectivity index (χ3n) is 7.13. The van der Waals surface area contributed by atoms with Crippen LogP contribution in [0.2, 0.25) is 0 Å². The van der Waals surface area contributed by atoms with Crippen LogP contribution in [0.4, 0.5) is 5.82 Å². The molecular weight excluding hydrogens is 442 g/mol. The minimum atomic E-state index is 0.260. The summed E-state index contributed by atoms with van der Waals surface area (Å²) in [7, 11) is 0. The van der Waals surface area contributed by atoms with E-state index in [0.29, 0.717) is 6.42 Å².